The van der Waals surface area contributed by atoms with Crippen molar-refractivity contribution in [3.63, 3.8) is 0 Å². The number of ketones is 2. The summed E-state index contributed by atoms with van der Waals surface area (Å²) in [6.07, 6.45) is 6.21. The van der Waals surface area contributed by atoms with Crippen molar-refractivity contribution in [2.45, 2.75) is 45.6 Å². The average Bonchev–Trinajstić information content (AvgIpc) is 2.80. The smallest absolute Gasteiger partial charge is 0.179 e. The monoisotopic (exact) mass is 259 g/mol. The van der Waals surface area contributed by atoms with Crippen LogP contribution in [0, 0.1) is 17.8 Å². The third-order valence-electron chi connectivity index (χ3n) is 4.71. The van der Waals surface area contributed by atoms with E-state index in [1.165, 1.54) is 0 Å². The lowest BCUT2D eigenvalue weighted by atomic mass is 9.70. The Morgan fingerprint density at radius 1 is 1.26 bits per heavy atom. The van der Waals surface area contributed by atoms with Gasteiger partial charge in [-0.15, -0.1) is 0 Å². The molecular formula is C16H21NO2. The van der Waals surface area contributed by atoms with Gasteiger partial charge in [-0.25, -0.2) is 0 Å². The first kappa shape index (κ1) is 12.6. The van der Waals surface area contributed by atoms with Crippen LogP contribution in [0.2, 0.25) is 0 Å². The molecule has 1 aliphatic heterocycles. The fourth-order valence-electron chi connectivity index (χ4n) is 3.83. The minimum absolute atomic E-state index is 0.129. The van der Waals surface area contributed by atoms with Crippen LogP contribution in [0.5, 0.6) is 0 Å². The van der Waals surface area contributed by atoms with Crippen LogP contribution in [0.1, 0.15) is 49.5 Å². The molecule has 1 aromatic heterocycles. The molecule has 3 nitrogen and oxygen atoms in total. The van der Waals surface area contributed by atoms with Crippen molar-refractivity contribution in [1.82, 2.24) is 4.57 Å². The molecule has 2 aliphatic rings. The zero-order valence-corrected chi connectivity index (χ0v) is 11.5. The van der Waals surface area contributed by atoms with E-state index in [1.54, 1.807) is 0 Å². The zero-order valence-electron chi connectivity index (χ0n) is 11.5. The predicted octanol–water partition coefficient (Wildman–Crippen LogP) is 3.09. The maximum atomic E-state index is 12.4. The number of nitrogens with zero attached hydrogens (tertiary/aromatic N) is 1. The fraction of sp³-hybridized carbons (Fsp3) is 0.625. The Kier molecular flexibility index (Phi) is 3.29. The maximum Gasteiger partial charge on any atom is 0.179 e. The summed E-state index contributed by atoms with van der Waals surface area (Å²) >= 11 is 0. The van der Waals surface area contributed by atoms with E-state index in [4.69, 9.17) is 0 Å². The van der Waals surface area contributed by atoms with Gasteiger partial charge in [-0.3, -0.25) is 9.59 Å². The number of carbonyl (C=O) groups is 2. The highest BCUT2D eigenvalue weighted by molar-refractivity contribution is 5.95. The molecule has 0 bridgehead atoms. The van der Waals surface area contributed by atoms with E-state index in [2.05, 4.69) is 6.92 Å². The first-order valence-electron chi connectivity index (χ1n) is 7.36. The Morgan fingerprint density at radius 3 is 2.95 bits per heavy atom. The maximum absolute atomic E-state index is 12.4. The molecule has 1 aromatic rings. The second-order valence-electron chi connectivity index (χ2n) is 6.23. The van der Waals surface area contributed by atoms with Gasteiger partial charge < -0.3 is 4.57 Å². The van der Waals surface area contributed by atoms with Gasteiger partial charge in [0.05, 0.1) is 5.69 Å². The van der Waals surface area contributed by atoms with Crippen LogP contribution in [0.3, 0.4) is 0 Å². The lowest BCUT2D eigenvalue weighted by molar-refractivity contribution is -0.128. The Balaban J connectivity index is 1.88. The minimum Gasteiger partial charge on any atom is -0.345 e. The fourth-order valence-corrected chi connectivity index (χ4v) is 3.83. The summed E-state index contributed by atoms with van der Waals surface area (Å²) in [5.74, 6) is 1.44. The van der Waals surface area contributed by atoms with Crippen LogP contribution in [0.15, 0.2) is 18.3 Å². The van der Waals surface area contributed by atoms with Crippen molar-refractivity contribution in [2.24, 2.45) is 17.8 Å². The first-order valence-corrected chi connectivity index (χ1v) is 7.36. The Labute approximate surface area is 114 Å². The van der Waals surface area contributed by atoms with Crippen LogP contribution in [-0.2, 0) is 11.3 Å². The van der Waals surface area contributed by atoms with E-state index in [0.29, 0.717) is 24.5 Å². The van der Waals surface area contributed by atoms with Gasteiger partial charge in [0, 0.05) is 31.5 Å². The highest BCUT2D eigenvalue weighted by atomic mass is 16.1. The second-order valence-corrected chi connectivity index (χ2v) is 6.23. The summed E-state index contributed by atoms with van der Waals surface area (Å²) in [5, 5.41) is 0. The molecule has 3 heteroatoms. The summed E-state index contributed by atoms with van der Waals surface area (Å²) in [6.45, 7) is 2.99. The molecule has 0 saturated heterocycles. The van der Waals surface area contributed by atoms with Gasteiger partial charge in [0.25, 0.3) is 0 Å². The number of carbonyl (C=O) groups excluding carboxylic acids is 2. The molecular weight excluding hydrogens is 238 g/mol. The lowest BCUT2D eigenvalue weighted by Gasteiger charge is -2.33. The molecule has 2 heterocycles. The van der Waals surface area contributed by atoms with Crippen LogP contribution in [-0.4, -0.2) is 16.1 Å². The summed E-state index contributed by atoms with van der Waals surface area (Å²) in [5.41, 5.74) is 0.825. The summed E-state index contributed by atoms with van der Waals surface area (Å²) < 4.78 is 2.05. The van der Waals surface area contributed by atoms with Gasteiger partial charge in [0.2, 0.25) is 0 Å². The highest BCUT2D eigenvalue weighted by Crippen LogP contribution is 2.37. The second kappa shape index (κ2) is 4.95. The average molecular weight is 259 g/mol. The molecule has 0 radical (unpaired) electrons. The number of Topliss-reactive ketones (excluding diaryl/α,β-unsaturated/α-hetero) is 2. The Morgan fingerprint density at radius 2 is 2.11 bits per heavy atom. The van der Waals surface area contributed by atoms with Crippen LogP contribution in [0.4, 0.5) is 0 Å². The van der Waals surface area contributed by atoms with E-state index >= 15 is 0 Å². The topological polar surface area (TPSA) is 39.1 Å². The van der Waals surface area contributed by atoms with Crippen LogP contribution in [0.25, 0.3) is 0 Å². The molecule has 0 N–H and O–H groups in total. The third kappa shape index (κ3) is 2.38. The van der Waals surface area contributed by atoms with Crippen molar-refractivity contribution >= 4 is 11.6 Å². The number of aromatic nitrogens is 1. The van der Waals surface area contributed by atoms with E-state index in [0.717, 1.165) is 31.5 Å². The standard InChI is InChI=1S/C16H21NO2/c1-11-8-12-10-16(19)14-5-3-7-17(14)6-2-4-13(12)15(18)9-11/h3,5,7,11-13H,2,4,6,8-10H2,1H3. The van der Waals surface area contributed by atoms with Crippen molar-refractivity contribution in [1.29, 1.82) is 0 Å². The number of aryl methyl sites for hydroxylation is 1. The Hall–Kier alpha value is -1.38. The normalized spacial score (nSPS) is 31.9. The zero-order chi connectivity index (χ0) is 13.4. The van der Waals surface area contributed by atoms with Crippen LogP contribution >= 0.6 is 0 Å². The van der Waals surface area contributed by atoms with Gasteiger partial charge >= 0.3 is 0 Å². The van der Waals surface area contributed by atoms with E-state index in [9.17, 15) is 9.59 Å². The molecule has 102 valence electrons. The molecule has 3 rings (SSSR count). The highest BCUT2D eigenvalue weighted by Gasteiger charge is 2.36. The van der Waals surface area contributed by atoms with Crippen molar-refractivity contribution in [3.8, 4) is 0 Å². The van der Waals surface area contributed by atoms with E-state index < -0.39 is 0 Å². The Bertz CT molecular complexity index is 503. The van der Waals surface area contributed by atoms with Crippen LogP contribution < -0.4 is 0 Å². The lowest BCUT2D eigenvalue weighted by Crippen LogP contribution is -2.33. The number of fused-ring (bicyclic) bond motifs is 2. The van der Waals surface area contributed by atoms with Gasteiger partial charge in [0.1, 0.15) is 5.78 Å². The number of hydrogen-bond donors (Lipinski definition) is 0. The minimum atomic E-state index is 0.129. The van der Waals surface area contributed by atoms with Gasteiger partial charge in [-0.05, 0) is 43.2 Å². The predicted molar refractivity (Wildman–Crippen MR) is 73.0 cm³/mol. The molecule has 0 amide bonds. The van der Waals surface area contributed by atoms with Gasteiger partial charge in [-0.1, -0.05) is 6.92 Å². The third-order valence-corrected chi connectivity index (χ3v) is 4.71. The molecule has 19 heavy (non-hydrogen) atoms. The van der Waals surface area contributed by atoms with Gasteiger partial charge in [0.15, 0.2) is 5.78 Å². The quantitative estimate of drug-likeness (QED) is 0.718. The van der Waals surface area contributed by atoms with E-state index in [-0.39, 0.29) is 17.6 Å². The summed E-state index contributed by atoms with van der Waals surface area (Å²) in [4.78, 5) is 24.6. The molecule has 3 unspecified atom stereocenters. The first-order chi connectivity index (χ1) is 9.15. The van der Waals surface area contributed by atoms with Crippen molar-refractivity contribution < 1.29 is 9.59 Å². The number of hydrogen-bond acceptors (Lipinski definition) is 2. The van der Waals surface area contributed by atoms with Crippen molar-refractivity contribution in [2.75, 3.05) is 0 Å². The van der Waals surface area contributed by atoms with E-state index in [1.807, 2.05) is 22.9 Å². The molecule has 1 saturated carbocycles. The number of rotatable bonds is 0. The molecule has 0 spiro atoms. The molecule has 1 aliphatic carbocycles. The SMILES string of the molecule is CC1CC(=O)C2CCCn3cccc3C(=O)CC2C1. The summed E-state index contributed by atoms with van der Waals surface area (Å²) in [6, 6.07) is 3.86. The molecule has 1 fully saturated rings. The summed E-state index contributed by atoms with van der Waals surface area (Å²) in [7, 11) is 0. The van der Waals surface area contributed by atoms with Crippen molar-refractivity contribution in [3.05, 3.63) is 24.0 Å². The molecule has 3 atom stereocenters. The van der Waals surface area contributed by atoms with Gasteiger partial charge in [-0.2, -0.15) is 0 Å². The molecule has 0 aromatic carbocycles. The largest absolute Gasteiger partial charge is 0.345 e.